The molecule has 2 aromatic rings. The van der Waals surface area contributed by atoms with Crippen molar-refractivity contribution in [3.05, 3.63) is 41.0 Å². The number of ether oxygens (including phenoxy) is 1. The van der Waals surface area contributed by atoms with Gasteiger partial charge in [0.05, 0.1) is 7.11 Å². The second-order valence-corrected chi connectivity index (χ2v) is 5.43. The second-order valence-electron chi connectivity index (χ2n) is 4.68. The summed E-state index contributed by atoms with van der Waals surface area (Å²) in [5, 5.41) is 0.795. The Morgan fingerprint density at radius 3 is 2.90 bits per heavy atom. The van der Waals surface area contributed by atoms with E-state index in [1.54, 1.807) is 0 Å². The highest BCUT2D eigenvalue weighted by Crippen LogP contribution is 2.34. The second kappa shape index (κ2) is 5.13. The Kier molecular flexibility index (Phi) is 3.31. The van der Waals surface area contributed by atoms with Crippen molar-refractivity contribution < 1.29 is 9.53 Å². The number of aromatic nitrogens is 1. The number of esters is 1. The minimum Gasteiger partial charge on any atom is -0.465 e. The number of hydrogen-bond acceptors (Lipinski definition) is 6. The fourth-order valence-corrected chi connectivity index (χ4v) is 3.30. The average Bonchev–Trinajstić information content (AvgIpc) is 2.87. The van der Waals surface area contributed by atoms with Gasteiger partial charge in [0.25, 0.3) is 0 Å². The van der Waals surface area contributed by atoms with Crippen molar-refractivity contribution in [2.24, 2.45) is 0 Å². The molecule has 0 bridgehead atoms. The molecule has 3 rings (SSSR count). The smallest absolute Gasteiger partial charge is 0.344 e. The molecular formula is C14H15N3O2S. The monoisotopic (exact) mass is 289 g/mol. The van der Waals surface area contributed by atoms with Crippen molar-refractivity contribution in [2.75, 3.05) is 24.3 Å². The number of anilines is 2. The number of nitrogens with zero attached hydrogens (tertiary/aromatic N) is 2. The van der Waals surface area contributed by atoms with Gasteiger partial charge < -0.3 is 15.4 Å². The Morgan fingerprint density at radius 1 is 1.40 bits per heavy atom. The van der Waals surface area contributed by atoms with E-state index in [1.807, 2.05) is 6.07 Å². The SMILES string of the molecule is COC(=O)c1c(N)nsc1N1CCc2ccccc2C1. The van der Waals surface area contributed by atoms with Gasteiger partial charge in [-0.2, -0.15) is 4.37 Å². The van der Waals surface area contributed by atoms with E-state index in [0.29, 0.717) is 5.56 Å². The highest BCUT2D eigenvalue weighted by Gasteiger charge is 2.26. The van der Waals surface area contributed by atoms with Crippen LogP contribution >= 0.6 is 11.5 Å². The lowest BCUT2D eigenvalue weighted by atomic mass is 10.00. The van der Waals surface area contributed by atoms with Crippen LogP contribution in [0.25, 0.3) is 0 Å². The largest absolute Gasteiger partial charge is 0.465 e. The molecule has 0 aliphatic carbocycles. The molecule has 0 spiro atoms. The van der Waals surface area contributed by atoms with Gasteiger partial charge in [-0.3, -0.25) is 0 Å². The molecule has 0 saturated carbocycles. The van der Waals surface area contributed by atoms with Crippen molar-refractivity contribution in [1.29, 1.82) is 0 Å². The van der Waals surface area contributed by atoms with E-state index in [0.717, 1.165) is 24.5 Å². The van der Waals surface area contributed by atoms with E-state index < -0.39 is 5.97 Å². The minimum atomic E-state index is -0.426. The molecule has 5 nitrogen and oxygen atoms in total. The van der Waals surface area contributed by atoms with Crippen LogP contribution in [0.2, 0.25) is 0 Å². The van der Waals surface area contributed by atoms with Crippen molar-refractivity contribution in [1.82, 2.24) is 4.37 Å². The molecule has 1 aromatic carbocycles. The van der Waals surface area contributed by atoms with Gasteiger partial charge >= 0.3 is 5.97 Å². The molecule has 104 valence electrons. The number of carbonyl (C=O) groups is 1. The molecule has 2 N–H and O–H groups in total. The van der Waals surface area contributed by atoms with Crippen LogP contribution in [0, 0.1) is 0 Å². The lowest BCUT2D eigenvalue weighted by Gasteiger charge is -2.29. The molecule has 20 heavy (non-hydrogen) atoms. The fourth-order valence-electron chi connectivity index (χ4n) is 2.47. The van der Waals surface area contributed by atoms with Crippen LogP contribution in [-0.4, -0.2) is 24.0 Å². The molecule has 2 heterocycles. The molecule has 0 amide bonds. The van der Waals surface area contributed by atoms with Gasteiger partial charge in [-0.1, -0.05) is 24.3 Å². The Hall–Kier alpha value is -2.08. The van der Waals surface area contributed by atoms with E-state index in [2.05, 4.69) is 27.5 Å². The number of nitrogen functional groups attached to an aromatic ring is 1. The molecule has 0 saturated heterocycles. The van der Waals surface area contributed by atoms with Gasteiger partial charge in [0, 0.05) is 13.1 Å². The van der Waals surface area contributed by atoms with E-state index in [4.69, 9.17) is 10.5 Å². The van der Waals surface area contributed by atoms with Gasteiger partial charge in [-0.25, -0.2) is 4.79 Å². The standard InChI is InChI=1S/C14H15N3O2S/c1-19-14(18)11-12(15)16-20-13(11)17-7-6-9-4-2-3-5-10(9)8-17/h2-5H,6-8H2,1H3,(H2,15,16). The number of nitrogens with two attached hydrogens (primary N) is 1. The maximum Gasteiger partial charge on any atom is 0.344 e. The normalized spacial score (nSPS) is 13.9. The number of hydrogen-bond donors (Lipinski definition) is 1. The molecule has 0 radical (unpaired) electrons. The van der Waals surface area contributed by atoms with Gasteiger partial charge in [0.2, 0.25) is 0 Å². The maximum absolute atomic E-state index is 11.8. The summed E-state index contributed by atoms with van der Waals surface area (Å²) in [5.74, 6) is -0.180. The summed E-state index contributed by atoms with van der Waals surface area (Å²) < 4.78 is 8.89. The van der Waals surface area contributed by atoms with Crippen LogP contribution in [0.5, 0.6) is 0 Å². The van der Waals surface area contributed by atoms with Crippen LogP contribution in [0.4, 0.5) is 10.8 Å². The summed E-state index contributed by atoms with van der Waals surface area (Å²) in [7, 11) is 1.36. The van der Waals surface area contributed by atoms with Crippen molar-refractivity contribution in [3.63, 3.8) is 0 Å². The van der Waals surface area contributed by atoms with Crippen LogP contribution in [0.3, 0.4) is 0 Å². The highest BCUT2D eigenvalue weighted by molar-refractivity contribution is 7.11. The topological polar surface area (TPSA) is 68.5 Å². The molecule has 1 aromatic heterocycles. The zero-order chi connectivity index (χ0) is 14.1. The lowest BCUT2D eigenvalue weighted by molar-refractivity contribution is 0.0603. The molecule has 6 heteroatoms. The summed E-state index contributed by atoms with van der Waals surface area (Å²) >= 11 is 1.25. The summed E-state index contributed by atoms with van der Waals surface area (Å²) in [6.07, 6.45) is 0.953. The Labute approximate surface area is 121 Å². The average molecular weight is 289 g/mol. The summed E-state index contributed by atoms with van der Waals surface area (Å²) in [5.41, 5.74) is 8.82. The Bertz CT molecular complexity index is 654. The molecule has 0 unspecified atom stereocenters. The number of benzene rings is 1. The zero-order valence-corrected chi connectivity index (χ0v) is 11.9. The third-order valence-corrected chi connectivity index (χ3v) is 4.43. The number of methoxy groups -OCH3 is 1. The van der Waals surface area contributed by atoms with Gasteiger partial charge in [-0.15, -0.1) is 0 Å². The summed E-state index contributed by atoms with van der Waals surface area (Å²) in [6, 6.07) is 8.35. The van der Waals surface area contributed by atoms with Gasteiger partial charge in [0.15, 0.2) is 5.82 Å². The van der Waals surface area contributed by atoms with E-state index in [-0.39, 0.29) is 5.82 Å². The van der Waals surface area contributed by atoms with Crippen molar-refractivity contribution in [3.8, 4) is 0 Å². The van der Waals surface area contributed by atoms with Crippen LogP contribution in [0.1, 0.15) is 21.5 Å². The van der Waals surface area contributed by atoms with Gasteiger partial charge in [0.1, 0.15) is 10.6 Å². The molecule has 1 aliphatic rings. The van der Waals surface area contributed by atoms with E-state index >= 15 is 0 Å². The van der Waals surface area contributed by atoms with Crippen LogP contribution < -0.4 is 10.6 Å². The summed E-state index contributed by atoms with van der Waals surface area (Å²) in [4.78, 5) is 14.0. The van der Waals surface area contributed by atoms with Crippen LogP contribution in [0.15, 0.2) is 24.3 Å². The third-order valence-electron chi connectivity index (χ3n) is 3.51. The van der Waals surface area contributed by atoms with E-state index in [1.165, 1.54) is 29.8 Å². The molecular weight excluding hydrogens is 274 g/mol. The predicted octanol–water partition coefficient (Wildman–Crippen LogP) is 2.07. The first kappa shape index (κ1) is 12.9. The van der Waals surface area contributed by atoms with Crippen LogP contribution in [-0.2, 0) is 17.7 Å². The lowest BCUT2D eigenvalue weighted by Crippen LogP contribution is -2.30. The predicted molar refractivity (Wildman–Crippen MR) is 79.1 cm³/mol. The van der Waals surface area contributed by atoms with Crippen molar-refractivity contribution in [2.45, 2.75) is 13.0 Å². The Balaban J connectivity index is 1.94. The molecule has 1 aliphatic heterocycles. The number of carbonyl (C=O) groups excluding carboxylic acids is 1. The zero-order valence-electron chi connectivity index (χ0n) is 11.1. The first-order chi connectivity index (χ1) is 9.70. The minimum absolute atomic E-state index is 0.246. The van der Waals surface area contributed by atoms with Crippen molar-refractivity contribution >= 4 is 28.3 Å². The molecule has 0 fully saturated rings. The quantitative estimate of drug-likeness (QED) is 0.857. The highest BCUT2D eigenvalue weighted by atomic mass is 32.1. The first-order valence-corrected chi connectivity index (χ1v) is 7.13. The molecule has 0 atom stereocenters. The van der Waals surface area contributed by atoms with Gasteiger partial charge in [-0.05, 0) is 29.1 Å². The third kappa shape index (κ3) is 2.12. The summed E-state index contributed by atoms with van der Waals surface area (Å²) in [6.45, 7) is 1.62. The number of rotatable bonds is 2. The fraction of sp³-hybridized carbons (Fsp3) is 0.286. The number of fused-ring (bicyclic) bond motifs is 1. The van der Waals surface area contributed by atoms with E-state index in [9.17, 15) is 4.79 Å². The maximum atomic E-state index is 11.8. The first-order valence-electron chi connectivity index (χ1n) is 6.36. The Morgan fingerprint density at radius 2 is 2.15 bits per heavy atom.